The van der Waals surface area contributed by atoms with Gasteiger partial charge in [0.25, 0.3) is 0 Å². The minimum absolute atomic E-state index is 0.240. The summed E-state index contributed by atoms with van der Waals surface area (Å²) in [6.45, 7) is 1.92. The van der Waals surface area contributed by atoms with Crippen LogP contribution in [0, 0.1) is 0 Å². The molecule has 2 aromatic rings. The van der Waals surface area contributed by atoms with Gasteiger partial charge in [0, 0.05) is 24.1 Å². The van der Waals surface area contributed by atoms with E-state index in [0.717, 1.165) is 30.6 Å². The van der Waals surface area contributed by atoms with Crippen LogP contribution in [0.2, 0.25) is 0 Å². The highest BCUT2D eigenvalue weighted by atomic mass is 32.2. The molecule has 7 heteroatoms. The zero-order valence-electron chi connectivity index (χ0n) is 14.6. The second-order valence-electron chi connectivity index (χ2n) is 6.35. The van der Waals surface area contributed by atoms with E-state index in [0.29, 0.717) is 24.5 Å². The van der Waals surface area contributed by atoms with Crippen LogP contribution in [-0.2, 0) is 16.3 Å². The van der Waals surface area contributed by atoms with Crippen molar-refractivity contribution in [1.29, 1.82) is 0 Å². The number of hydrogen-bond acceptors (Lipinski definition) is 5. The van der Waals surface area contributed by atoms with Crippen LogP contribution in [0.3, 0.4) is 0 Å². The van der Waals surface area contributed by atoms with Crippen molar-refractivity contribution in [3.63, 3.8) is 0 Å². The molecule has 0 fully saturated rings. The van der Waals surface area contributed by atoms with Gasteiger partial charge in [-0.1, -0.05) is 12.1 Å². The minimum atomic E-state index is -3.26. The first-order valence-electron chi connectivity index (χ1n) is 8.46. The van der Waals surface area contributed by atoms with Gasteiger partial charge in [0.1, 0.15) is 12.4 Å². The predicted octanol–water partition coefficient (Wildman–Crippen LogP) is 2.02. The van der Waals surface area contributed by atoms with E-state index in [-0.39, 0.29) is 4.90 Å². The first-order chi connectivity index (χ1) is 12.4. The monoisotopic (exact) mass is 374 g/mol. The van der Waals surface area contributed by atoms with Crippen LogP contribution in [-0.4, -0.2) is 40.3 Å². The topological polar surface area (TPSA) is 89.7 Å². The number of nitrogens with two attached hydrogens (primary N) is 1. The molecule has 0 radical (unpaired) electrons. The molecule has 6 nitrogen and oxygen atoms in total. The van der Waals surface area contributed by atoms with Gasteiger partial charge in [-0.2, -0.15) is 0 Å². The summed E-state index contributed by atoms with van der Waals surface area (Å²) in [6.07, 6.45) is 2.95. The molecule has 0 spiro atoms. The molecule has 2 N–H and O–H groups in total. The number of sulfone groups is 1. The van der Waals surface area contributed by atoms with Gasteiger partial charge >= 0.3 is 0 Å². The number of hydrogen-bond donors (Lipinski definition) is 1. The van der Waals surface area contributed by atoms with E-state index < -0.39 is 15.7 Å². The maximum absolute atomic E-state index is 11.6. The Kier molecular flexibility index (Phi) is 5.18. The number of carbonyl (C=O) groups is 1. The Morgan fingerprint density at radius 1 is 1.23 bits per heavy atom. The molecule has 1 amide bonds. The lowest BCUT2D eigenvalue weighted by Crippen LogP contribution is -2.34. The van der Waals surface area contributed by atoms with Crippen molar-refractivity contribution in [2.45, 2.75) is 17.7 Å². The number of fused-ring (bicyclic) bond motifs is 1. The van der Waals surface area contributed by atoms with Gasteiger partial charge < -0.3 is 15.4 Å². The van der Waals surface area contributed by atoms with Crippen molar-refractivity contribution in [2.75, 3.05) is 30.9 Å². The number of benzene rings is 2. The molecule has 3 rings (SSSR count). The van der Waals surface area contributed by atoms with E-state index in [4.69, 9.17) is 10.5 Å². The molecule has 1 aliphatic rings. The molecule has 1 aliphatic heterocycles. The molecular formula is C19H22N2O4S. The first kappa shape index (κ1) is 18.3. The maximum Gasteiger partial charge on any atom is 0.249 e. The maximum atomic E-state index is 11.6. The van der Waals surface area contributed by atoms with Crippen molar-refractivity contribution in [1.82, 2.24) is 0 Å². The molecule has 0 unspecified atom stereocenters. The Balaban J connectivity index is 1.69. The van der Waals surface area contributed by atoms with E-state index in [2.05, 4.69) is 4.90 Å². The second-order valence-corrected chi connectivity index (χ2v) is 8.37. The fourth-order valence-electron chi connectivity index (χ4n) is 3.23. The second kappa shape index (κ2) is 7.37. The highest BCUT2D eigenvalue weighted by Crippen LogP contribution is 2.29. The van der Waals surface area contributed by atoms with Crippen molar-refractivity contribution in [3.05, 3.63) is 53.6 Å². The van der Waals surface area contributed by atoms with E-state index in [1.807, 2.05) is 12.1 Å². The lowest BCUT2D eigenvalue weighted by Gasteiger charge is -2.32. The fourth-order valence-corrected chi connectivity index (χ4v) is 3.89. The van der Waals surface area contributed by atoms with E-state index in [1.165, 1.54) is 12.3 Å². The fraction of sp³-hybridized carbons (Fsp3) is 0.316. The molecular weight excluding hydrogens is 352 g/mol. The third-order valence-corrected chi connectivity index (χ3v) is 5.59. The summed E-state index contributed by atoms with van der Waals surface area (Å²) in [5.74, 6) is 0.119. The van der Waals surface area contributed by atoms with Crippen molar-refractivity contribution in [3.8, 4) is 5.75 Å². The van der Waals surface area contributed by atoms with E-state index >= 15 is 0 Å². The third-order valence-electron chi connectivity index (χ3n) is 4.48. The van der Waals surface area contributed by atoms with Crippen LogP contribution in [0.1, 0.15) is 22.3 Å². The van der Waals surface area contributed by atoms with Gasteiger partial charge in [-0.3, -0.25) is 4.79 Å². The summed E-state index contributed by atoms with van der Waals surface area (Å²) in [7, 11) is -3.26. The number of amides is 1. The summed E-state index contributed by atoms with van der Waals surface area (Å²) in [4.78, 5) is 14.0. The van der Waals surface area contributed by atoms with E-state index in [9.17, 15) is 13.2 Å². The number of ether oxygens (including phenoxy) is 1. The lowest BCUT2D eigenvalue weighted by molar-refractivity contribution is 0.0999. The largest absolute Gasteiger partial charge is 0.492 e. The van der Waals surface area contributed by atoms with Gasteiger partial charge in [0.15, 0.2) is 9.84 Å². The third kappa shape index (κ3) is 3.99. The van der Waals surface area contributed by atoms with Crippen LogP contribution in [0.4, 0.5) is 5.69 Å². The minimum Gasteiger partial charge on any atom is -0.492 e. The molecule has 0 aromatic heterocycles. The van der Waals surface area contributed by atoms with Gasteiger partial charge in [-0.05, 0) is 48.7 Å². The number of anilines is 1. The Morgan fingerprint density at radius 2 is 2.00 bits per heavy atom. The summed E-state index contributed by atoms with van der Waals surface area (Å²) >= 11 is 0. The summed E-state index contributed by atoms with van der Waals surface area (Å²) in [5, 5.41) is 0. The smallest absolute Gasteiger partial charge is 0.249 e. The van der Waals surface area contributed by atoms with Crippen LogP contribution in [0.25, 0.3) is 0 Å². The predicted molar refractivity (Wildman–Crippen MR) is 101 cm³/mol. The lowest BCUT2D eigenvalue weighted by atomic mass is 9.96. The van der Waals surface area contributed by atoms with E-state index in [1.54, 1.807) is 24.3 Å². The molecule has 26 heavy (non-hydrogen) atoms. The summed E-state index contributed by atoms with van der Waals surface area (Å²) < 4.78 is 29.0. The summed E-state index contributed by atoms with van der Waals surface area (Å²) in [6, 6.07) is 12.1. The molecule has 0 bridgehead atoms. The van der Waals surface area contributed by atoms with Crippen molar-refractivity contribution in [2.24, 2.45) is 5.73 Å². The number of nitrogens with zero attached hydrogens (tertiary/aromatic N) is 1. The Hall–Kier alpha value is -2.54. The normalized spacial score (nSPS) is 14.0. The van der Waals surface area contributed by atoms with Gasteiger partial charge in [0.2, 0.25) is 5.91 Å². The van der Waals surface area contributed by atoms with Gasteiger partial charge in [-0.15, -0.1) is 0 Å². The highest BCUT2D eigenvalue weighted by molar-refractivity contribution is 7.90. The van der Waals surface area contributed by atoms with Crippen molar-refractivity contribution >= 4 is 21.4 Å². The number of primary amides is 1. The molecule has 0 atom stereocenters. The number of rotatable bonds is 6. The average Bonchev–Trinajstić information content (AvgIpc) is 2.61. The van der Waals surface area contributed by atoms with Gasteiger partial charge in [0.05, 0.1) is 11.4 Å². The standard InChI is InChI=1S/C19H22N2O4S/c1-26(23,24)15-6-2-5-14(13-15)25-12-11-21-10-4-8-16-17(19(20)22)7-3-9-18(16)21/h2-3,5-7,9,13H,4,8,10-12H2,1H3,(H2,20,22). The van der Waals surface area contributed by atoms with Gasteiger partial charge in [-0.25, -0.2) is 8.42 Å². The highest BCUT2D eigenvalue weighted by Gasteiger charge is 2.21. The number of carbonyl (C=O) groups excluding carboxylic acids is 1. The molecule has 0 aliphatic carbocycles. The van der Waals surface area contributed by atoms with Crippen LogP contribution in [0.15, 0.2) is 47.4 Å². The summed E-state index contributed by atoms with van der Waals surface area (Å²) in [5.41, 5.74) is 8.06. The Morgan fingerprint density at radius 3 is 2.73 bits per heavy atom. The van der Waals surface area contributed by atoms with Crippen LogP contribution in [0.5, 0.6) is 5.75 Å². The molecule has 2 aromatic carbocycles. The quantitative estimate of drug-likeness (QED) is 0.835. The molecule has 1 heterocycles. The van der Waals surface area contributed by atoms with Crippen LogP contribution < -0.4 is 15.4 Å². The molecule has 0 saturated carbocycles. The van der Waals surface area contributed by atoms with Crippen molar-refractivity contribution < 1.29 is 17.9 Å². The Labute approximate surface area is 153 Å². The zero-order valence-corrected chi connectivity index (χ0v) is 15.5. The SMILES string of the molecule is CS(=O)(=O)c1cccc(OCCN2CCCc3c(C(N)=O)cccc32)c1. The average molecular weight is 374 g/mol. The Bertz CT molecular complexity index is 925. The zero-order chi connectivity index (χ0) is 18.7. The first-order valence-corrected chi connectivity index (χ1v) is 10.3. The molecule has 0 saturated heterocycles. The van der Waals surface area contributed by atoms with Crippen LogP contribution >= 0.6 is 0 Å². The molecule has 138 valence electrons.